The lowest BCUT2D eigenvalue weighted by atomic mass is 10.2. The summed E-state index contributed by atoms with van der Waals surface area (Å²) >= 11 is 6.20. The van der Waals surface area contributed by atoms with Gasteiger partial charge in [-0.2, -0.15) is 4.98 Å². The number of anilines is 2. The smallest absolute Gasteiger partial charge is 0.287 e. The van der Waals surface area contributed by atoms with Crippen molar-refractivity contribution in [1.82, 2.24) is 14.9 Å². The van der Waals surface area contributed by atoms with Gasteiger partial charge in [-0.3, -0.25) is 9.59 Å². The van der Waals surface area contributed by atoms with Gasteiger partial charge in [0.2, 0.25) is 5.95 Å². The first kappa shape index (κ1) is 23.5. The molecule has 0 spiro atoms. The van der Waals surface area contributed by atoms with Crippen molar-refractivity contribution in [1.29, 1.82) is 0 Å². The normalized spacial score (nSPS) is 11.2. The van der Waals surface area contributed by atoms with Gasteiger partial charge >= 0.3 is 0 Å². The third kappa shape index (κ3) is 6.18. The van der Waals surface area contributed by atoms with Gasteiger partial charge in [0.1, 0.15) is 15.4 Å². The highest BCUT2D eigenvalue weighted by Crippen LogP contribution is 2.25. The summed E-state index contributed by atoms with van der Waals surface area (Å²) in [6.45, 7) is 2.09. The zero-order valence-corrected chi connectivity index (χ0v) is 19.2. The van der Waals surface area contributed by atoms with E-state index in [2.05, 4.69) is 15.6 Å². The van der Waals surface area contributed by atoms with Crippen LogP contribution in [0.3, 0.4) is 0 Å². The van der Waals surface area contributed by atoms with Gasteiger partial charge in [0, 0.05) is 29.7 Å². The third-order valence-electron chi connectivity index (χ3n) is 4.71. The van der Waals surface area contributed by atoms with E-state index in [-0.39, 0.29) is 23.8 Å². The summed E-state index contributed by atoms with van der Waals surface area (Å²) in [5.74, 6) is -0.659. The number of hydrogen-bond acceptors (Lipinski definition) is 6. The molecule has 0 radical (unpaired) electrons. The van der Waals surface area contributed by atoms with Crippen LogP contribution in [0.4, 0.5) is 11.6 Å². The van der Waals surface area contributed by atoms with Crippen LogP contribution in [-0.2, 0) is 16.4 Å². The fraction of sp³-hybridized carbons (Fsp3) is 0.227. The van der Waals surface area contributed by atoms with Crippen LogP contribution < -0.4 is 16.2 Å². The molecule has 0 fully saturated rings. The van der Waals surface area contributed by atoms with Crippen LogP contribution in [-0.4, -0.2) is 42.4 Å². The molecule has 0 atom stereocenters. The minimum atomic E-state index is -3.24. The number of nitrogens with zero attached hydrogens (tertiary/aromatic N) is 2. The standard InChI is InChI=1S/C22H23ClN4O4S/c1-15-18(23)9-6-10-19(15)25-22-26-21(29)17(20(28)24-11-12-32(2,30)31)14-27(22)13-16-7-4-3-5-8-16/h3-10,14H,11-13H2,1-2H3,(H,24,28)(H,25,26,29). The molecule has 8 nitrogen and oxygen atoms in total. The number of carbonyl (C=O) groups is 1. The highest BCUT2D eigenvalue weighted by atomic mass is 35.5. The Morgan fingerprint density at radius 2 is 1.84 bits per heavy atom. The summed E-state index contributed by atoms with van der Waals surface area (Å²) in [4.78, 5) is 29.2. The molecule has 0 bridgehead atoms. The summed E-state index contributed by atoms with van der Waals surface area (Å²) in [6.07, 6.45) is 2.49. The van der Waals surface area contributed by atoms with Crippen molar-refractivity contribution < 1.29 is 13.2 Å². The Balaban J connectivity index is 1.97. The Bertz CT molecular complexity index is 1290. The number of benzene rings is 2. The minimum absolute atomic E-state index is 0.0997. The van der Waals surface area contributed by atoms with Crippen LogP contribution in [0.15, 0.2) is 59.5 Å². The third-order valence-corrected chi connectivity index (χ3v) is 6.06. The fourth-order valence-electron chi connectivity index (χ4n) is 2.96. The van der Waals surface area contributed by atoms with Crippen molar-refractivity contribution in [3.63, 3.8) is 0 Å². The topological polar surface area (TPSA) is 110 Å². The van der Waals surface area contributed by atoms with Crippen molar-refractivity contribution in [3.8, 4) is 0 Å². The average Bonchev–Trinajstić information content (AvgIpc) is 2.73. The van der Waals surface area contributed by atoms with E-state index in [9.17, 15) is 18.0 Å². The Kier molecular flexibility index (Phi) is 7.32. The molecule has 3 rings (SSSR count). The average molecular weight is 475 g/mol. The van der Waals surface area contributed by atoms with E-state index in [1.54, 1.807) is 16.7 Å². The van der Waals surface area contributed by atoms with Gasteiger partial charge in [0.25, 0.3) is 11.5 Å². The molecule has 1 amide bonds. The quantitative estimate of drug-likeness (QED) is 0.519. The molecule has 0 aliphatic rings. The molecular formula is C22H23ClN4O4S. The number of sulfone groups is 1. The van der Waals surface area contributed by atoms with Crippen LogP contribution in [0.25, 0.3) is 0 Å². The predicted molar refractivity (Wildman–Crippen MR) is 126 cm³/mol. The van der Waals surface area contributed by atoms with Gasteiger partial charge in [-0.25, -0.2) is 8.42 Å². The molecule has 0 aliphatic carbocycles. The van der Waals surface area contributed by atoms with Crippen molar-refractivity contribution in [2.75, 3.05) is 23.9 Å². The van der Waals surface area contributed by atoms with Crippen LogP contribution in [0.2, 0.25) is 5.02 Å². The molecule has 1 aromatic heterocycles. The molecule has 32 heavy (non-hydrogen) atoms. The van der Waals surface area contributed by atoms with E-state index < -0.39 is 21.3 Å². The molecule has 0 saturated carbocycles. The highest BCUT2D eigenvalue weighted by molar-refractivity contribution is 7.90. The summed E-state index contributed by atoms with van der Waals surface area (Å²) in [5.41, 5.74) is 1.50. The van der Waals surface area contributed by atoms with Crippen LogP contribution in [0.1, 0.15) is 21.5 Å². The first-order valence-corrected chi connectivity index (χ1v) is 12.2. The Labute approximate surface area is 191 Å². The van der Waals surface area contributed by atoms with E-state index in [0.717, 1.165) is 17.4 Å². The zero-order valence-electron chi connectivity index (χ0n) is 17.6. The number of carbonyl (C=O) groups excluding carboxylic acids is 1. The molecule has 0 unspecified atom stereocenters. The summed E-state index contributed by atoms with van der Waals surface area (Å²) in [6, 6.07) is 14.8. The first-order valence-electron chi connectivity index (χ1n) is 9.77. The molecule has 0 aliphatic heterocycles. The monoisotopic (exact) mass is 474 g/mol. The highest BCUT2D eigenvalue weighted by Gasteiger charge is 2.17. The summed E-state index contributed by atoms with van der Waals surface area (Å²) in [5, 5.41) is 6.16. The van der Waals surface area contributed by atoms with Gasteiger partial charge in [-0.1, -0.05) is 48.0 Å². The number of halogens is 1. The molecule has 168 valence electrons. The number of hydrogen-bond donors (Lipinski definition) is 2. The maximum atomic E-state index is 12.6. The Hall–Kier alpha value is -3.17. The molecule has 0 saturated heterocycles. The van der Waals surface area contributed by atoms with E-state index in [4.69, 9.17) is 11.6 Å². The second kappa shape index (κ2) is 9.97. The maximum Gasteiger partial charge on any atom is 0.287 e. The Morgan fingerprint density at radius 3 is 2.53 bits per heavy atom. The summed E-state index contributed by atoms with van der Waals surface area (Å²) in [7, 11) is -3.24. The lowest BCUT2D eigenvalue weighted by Crippen LogP contribution is -2.34. The minimum Gasteiger partial charge on any atom is -0.351 e. The molecule has 3 aromatic rings. The second-order valence-electron chi connectivity index (χ2n) is 7.32. The fourth-order valence-corrected chi connectivity index (χ4v) is 3.60. The van der Waals surface area contributed by atoms with E-state index in [0.29, 0.717) is 17.3 Å². The summed E-state index contributed by atoms with van der Waals surface area (Å²) < 4.78 is 24.2. The van der Waals surface area contributed by atoms with Gasteiger partial charge in [-0.15, -0.1) is 0 Å². The molecule has 2 N–H and O–H groups in total. The number of rotatable bonds is 8. The largest absolute Gasteiger partial charge is 0.351 e. The van der Waals surface area contributed by atoms with Crippen molar-refractivity contribution in [2.45, 2.75) is 13.5 Å². The van der Waals surface area contributed by atoms with Crippen molar-refractivity contribution in [3.05, 3.63) is 86.8 Å². The molecule has 10 heteroatoms. The lowest BCUT2D eigenvalue weighted by molar-refractivity contribution is 0.0954. The van der Waals surface area contributed by atoms with E-state index in [1.807, 2.05) is 43.3 Å². The van der Waals surface area contributed by atoms with E-state index in [1.165, 1.54) is 6.20 Å². The lowest BCUT2D eigenvalue weighted by Gasteiger charge is -2.17. The molecule has 2 aromatic carbocycles. The van der Waals surface area contributed by atoms with E-state index >= 15 is 0 Å². The van der Waals surface area contributed by atoms with Crippen LogP contribution in [0.5, 0.6) is 0 Å². The van der Waals surface area contributed by atoms with Crippen molar-refractivity contribution >= 4 is 39.0 Å². The van der Waals surface area contributed by atoms with Gasteiger partial charge in [0.05, 0.1) is 12.3 Å². The SMILES string of the molecule is Cc1c(Cl)cccc1Nc1nc(=O)c(C(=O)NCCS(C)(=O)=O)cn1Cc1ccccc1. The zero-order chi connectivity index (χ0) is 23.3. The number of nitrogens with one attached hydrogen (secondary N) is 2. The predicted octanol–water partition coefficient (Wildman–Crippen LogP) is 2.77. The van der Waals surface area contributed by atoms with Crippen LogP contribution in [0, 0.1) is 6.92 Å². The second-order valence-corrected chi connectivity index (χ2v) is 9.99. The first-order chi connectivity index (χ1) is 15.1. The maximum absolute atomic E-state index is 12.6. The van der Waals surface area contributed by atoms with Crippen molar-refractivity contribution in [2.24, 2.45) is 0 Å². The van der Waals surface area contributed by atoms with Crippen LogP contribution >= 0.6 is 11.6 Å². The number of amides is 1. The van der Waals surface area contributed by atoms with Gasteiger partial charge in [-0.05, 0) is 30.2 Å². The Morgan fingerprint density at radius 1 is 1.12 bits per heavy atom. The van der Waals surface area contributed by atoms with Gasteiger partial charge < -0.3 is 15.2 Å². The molecular weight excluding hydrogens is 452 g/mol. The molecule has 1 heterocycles. The number of aromatic nitrogens is 2. The van der Waals surface area contributed by atoms with Gasteiger partial charge in [0.15, 0.2) is 0 Å².